The van der Waals surface area contributed by atoms with Gasteiger partial charge in [-0.25, -0.2) is 12.8 Å². The standard InChI is InChI=1S/C27H30FN3O4S/c1-4-29-27(33)21(3)30(18-22-10-8-9-13-25(22)28)26(32)19-31(23-11-6-5-7-12-23)36(34,35)24-16-14-20(2)15-17-24/h5-17,21H,4,18-19H2,1-3H3,(H,29,33). The van der Waals surface area contributed by atoms with Crippen LogP contribution in [-0.4, -0.2) is 44.3 Å². The number of halogens is 1. The van der Waals surface area contributed by atoms with Crippen LogP contribution in [0.3, 0.4) is 0 Å². The number of hydrogen-bond donors (Lipinski definition) is 1. The lowest BCUT2D eigenvalue weighted by Gasteiger charge is -2.32. The van der Waals surface area contributed by atoms with Crippen molar-refractivity contribution in [1.82, 2.24) is 10.2 Å². The van der Waals surface area contributed by atoms with Crippen molar-refractivity contribution >= 4 is 27.5 Å². The summed E-state index contributed by atoms with van der Waals surface area (Å²) >= 11 is 0. The zero-order valence-corrected chi connectivity index (χ0v) is 21.3. The molecule has 0 bridgehead atoms. The van der Waals surface area contributed by atoms with Crippen molar-refractivity contribution in [1.29, 1.82) is 0 Å². The van der Waals surface area contributed by atoms with Gasteiger partial charge < -0.3 is 10.2 Å². The lowest BCUT2D eigenvalue weighted by molar-refractivity contribution is -0.139. The number of carbonyl (C=O) groups is 2. The Balaban J connectivity index is 2.01. The molecule has 0 fully saturated rings. The minimum Gasteiger partial charge on any atom is -0.355 e. The molecule has 9 heteroatoms. The molecule has 0 aliphatic heterocycles. The fraction of sp³-hybridized carbons (Fsp3) is 0.259. The molecule has 7 nitrogen and oxygen atoms in total. The monoisotopic (exact) mass is 511 g/mol. The van der Waals surface area contributed by atoms with Gasteiger partial charge in [-0.05, 0) is 51.1 Å². The topological polar surface area (TPSA) is 86.8 Å². The van der Waals surface area contributed by atoms with Gasteiger partial charge in [-0.1, -0.05) is 54.1 Å². The molecule has 3 rings (SSSR count). The van der Waals surface area contributed by atoms with Gasteiger partial charge >= 0.3 is 0 Å². The largest absolute Gasteiger partial charge is 0.355 e. The molecule has 0 aliphatic carbocycles. The summed E-state index contributed by atoms with van der Waals surface area (Å²) in [5, 5.41) is 2.67. The zero-order valence-electron chi connectivity index (χ0n) is 20.5. The van der Waals surface area contributed by atoms with Crippen molar-refractivity contribution < 1.29 is 22.4 Å². The molecule has 0 aromatic heterocycles. The number of carbonyl (C=O) groups excluding carboxylic acids is 2. The van der Waals surface area contributed by atoms with Gasteiger partial charge in [0.05, 0.1) is 10.6 Å². The van der Waals surface area contributed by atoms with Gasteiger partial charge in [-0.2, -0.15) is 0 Å². The smallest absolute Gasteiger partial charge is 0.264 e. The summed E-state index contributed by atoms with van der Waals surface area (Å²) in [6.07, 6.45) is 0. The van der Waals surface area contributed by atoms with Crippen LogP contribution in [0.2, 0.25) is 0 Å². The highest BCUT2D eigenvalue weighted by molar-refractivity contribution is 7.92. The molecule has 0 aliphatic rings. The predicted molar refractivity (Wildman–Crippen MR) is 137 cm³/mol. The van der Waals surface area contributed by atoms with E-state index in [2.05, 4.69) is 5.32 Å². The molecule has 0 radical (unpaired) electrons. The molecular formula is C27H30FN3O4S. The first kappa shape index (κ1) is 26.9. The normalized spacial score (nSPS) is 12.0. The number of likely N-dealkylation sites (N-methyl/N-ethyl adjacent to an activating group) is 1. The summed E-state index contributed by atoms with van der Waals surface area (Å²) in [4.78, 5) is 27.5. The van der Waals surface area contributed by atoms with Gasteiger partial charge in [0.1, 0.15) is 18.4 Å². The Hall–Kier alpha value is -3.72. The van der Waals surface area contributed by atoms with E-state index in [9.17, 15) is 22.4 Å². The second-order valence-electron chi connectivity index (χ2n) is 8.34. The van der Waals surface area contributed by atoms with Crippen LogP contribution in [0.4, 0.5) is 10.1 Å². The number of sulfonamides is 1. The van der Waals surface area contributed by atoms with Crippen molar-refractivity contribution in [3.8, 4) is 0 Å². The highest BCUT2D eigenvalue weighted by atomic mass is 32.2. The maximum absolute atomic E-state index is 14.5. The van der Waals surface area contributed by atoms with Crippen molar-refractivity contribution in [3.05, 3.63) is 95.8 Å². The first-order valence-corrected chi connectivity index (χ1v) is 13.0. The molecule has 3 aromatic rings. The molecule has 2 amide bonds. The third-order valence-electron chi connectivity index (χ3n) is 5.75. The number of aryl methyl sites for hydroxylation is 1. The van der Waals surface area contributed by atoms with Crippen LogP contribution >= 0.6 is 0 Å². The summed E-state index contributed by atoms with van der Waals surface area (Å²) < 4.78 is 42.7. The number of amides is 2. The molecule has 1 N–H and O–H groups in total. The summed E-state index contributed by atoms with van der Waals surface area (Å²) in [5.74, 6) is -1.59. The zero-order chi connectivity index (χ0) is 26.3. The van der Waals surface area contributed by atoms with E-state index in [0.717, 1.165) is 9.87 Å². The Kier molecular flexibility index (Phi) is 8.82. The molecule has 190 valence electrons. The van der Waals surface area contributed by atoms with Crippen LogP contribution in [0, 0.1) is 12.7 Å². The fourth-order valence-corrected chi connectivity index (χ4v) is 5.09. The van der Waals surface area contributed by atoms with E-state index < -0.39 is 40.2 Å². The van der Waals surface area contributed by atoms with E-state index >= 15 is 0 Å². The van der Waals surface area contributed by atoms with E-state index in [1.165, 1.54) is 42.2 Å². The summed E-state index contributed by atoms with van der Waals surface area (Å²) in [6.45, 7) is 4.71. The van der Waals surface area contributed by atoms with E-state index in [-0.39, 0.29) is 17.0 Å². The van der Waals surface area contributed by atoms with Crippen molar-refractivity contribution in [2.45, 2.75) is 38.3 Å². The summed E-state index contributed by atoms with van der Waals surface area (Å²) in [6, 6.07) is 19.6. The number of anilines is 1. The Morgan fingerprint density at radius 1 is 0.944 bits per heavy atom. The highest BCUT2D eigenvalue weighted by Crippen LogP contribution is 2.25. The number of nitrogens with zero attached hydrogens (tertiary/aromatic N) is 2. The molecule has 0 saturated carbocycles. The molecule has 36 heavy (non-hydrogen) atoms. The van der Waals surface area contributed by atoms with Crippen molar-refractivity contribution in [3.63, 3.8) is 0 Å². The number of hydrogen-bond acceptors (Lipinski definition) is 4. The second-order valence-corrected chi connectivity index (χ2v) is 10.2. The Bertz CT molecular complexity index is 1300. The van der Waals surface area contributed by atoms with E-state index in [4.69, 9.17) is 0 Å². The summed E-state index contributed by atoms with van der Waals surface area (Å²) in [5.41, 5.74) is 1.40. The number of nitrogens with one attached hydrogen (secondary N) is 1. The van der Waals surface area contributed by atoms with Gasteiger partial charge in [0, 0.05) is 18.7 Å². The van der Waals surface area contributed by atoms with Crippen LogP contribution in [-0.2, 0) is 26.2 Å². The molecule has 0 heterocycles. The van der Waals surface area contributed by atoms with E-state index in [0.29, 0.717) is 12.2 Å². The average Bonchev–Trinajstić information content (AvgIpc) is 2.87. The van der Waals surface area contributed by atoms with Crippen LogP contribution in [0.1, 0.15) is 25.0 Å². The SMILES string of the molecule is CCNC(=O)C(C)N(Cc1ccccc1F)C(=O)CN(c1ccccc1)S(=O)(=O)c1ccc(C)cc1. The Morgan fingerprint density at radius 3 is 2.17 bits per heavy atom. The summed E-state index contributed by atoms with van der Waals surface area (Å²) in [7, 11) is -4.13. The molecule has 0 saturated heterocycles. The van der Waals surface area contributed by atoms with Gasteiger partial charge in [0.25, 0.3) is 10.0 Å². The minimum atomic E-state index is -4.13. The van der Waals surface area contributed by atoms with Crippen LogP contribution < -0.4 is 9.62 Å². The Labute approximate surface area is 211 Å². The van der Waals surface area contributed by atoms with Crippen LogP contribution in [0.15, 0.2) is 83.8 Å². The maximum atomic E-state index is 14.5. The molecule has 1 atom stereocenters. The average molecular weight is 512 g/mol. The lowest BCUT2D eigenvalue weighted by Crippen LogP contribution is -2.51. The molecule has 3 aromatic carbocycles. The third kappa shape index (κ3) is 6.28. The van der Waals surface area contributed by atoms with Gasteiger partial charge in [0.2, 0.25) is 11.8 Å². The van der Waals surface area contributed by atoms with E-state index in [1.807, 2.05) is 6.92 Å². The fourth-order valence-electron chi connectivity index (χ4n) is 3.68. The first-order chi connectivity index (χ1) is 17.1. The van der Waals surface area contributed by atoms with Crippen molar-refractivity contribution in [2.75, 3.05) is 17.4 Å². The number of rotatable bonds is 10. The van der Waals surface area contributed by atoms with Gasteiger partial charge in [-0.15, -0.1) is 0 Å². The van der Waals surface area contributed by atoms with Crippen LogP contribution in [0.5, 0.6) is 0 Å². The maximum Gasteiger partial charge on any atom is 0.264 e. The van der Waals surface area contributed by atoms with Crippen molar-refractivity contribution in [2.24, 2.45) is 0 Å². The highest BCUT2D eigenvalue weighted by Gasteiger charge is 2.32. The minimum absolute atomic E-state index is 0.0298. The Morgan fingerprint density at radius 2 is 1.56 bits per heavy atom. The van der Waals surface area contributed by atoms with Gasteiger partial charge in [0.15, 0.2) is 0 Å². The third-order valence-corrected chi connectivity index (χ3v) is 7.54. The predicted octanol–water partition coefficient (Wildman–Crippen LogP) is 3.88. The number of para-hydroxylation sites is 1. The number of benzene rings is 3. The van der Waals surface area contributed by atoms with Crippen LogP contribution in [0.25, 0.3) is 0 Å². The first-order valence-electron chi connectivity index (χ1n) is 11.6. The van der Waals surface area contributed by atoms with Gasteiger partial charge in [-0.3, -0.25) is 13.9 Å². The molecule has 1 unspecified atom stereocenters. The molecule has 0 spiro atoms. The molecular weight excluding hydrogens is 481 g/mol. The quantitative estimate of drug-likeness (QED) is 0.448. The van der Waals surface area contributed by atoms with E-state index in [1.54, 1.807) is 55.5 Å². The lowest BCUT2D eigenvalue weighted by atomic mass is 10.1. The second kappa shape index (κ2) is 11.8.